The maximum Gasteiger partial charge on any atom is 0.267 e. The van der Waals surface area contributed by atoms with E-state index in [0.29, 0.717) is 4.88 Å². The number of hydrogen-bond acceptors (Lipinski definition) is 3. The van der Waals surface area contributed by atoms with E-state index in [2.05, 4.69) is 26.2 Å². The van der Waals surface area contributed by atoms with Gasteiger partial charge in [-0.25, -0.2) is 4.98 Å². The van der Waals surface area contributed by atoms with E-state index in [9.17, 15) is 4.79 Å². The molecule has 0 saturated carbocycles. The van der Waals surface area contributed by atoms with Crippen molar-refractivity contribution < 1.29 is 4.79 Å². The Morgan fingerprint density at radius 1 is 1.32 bits per heavy atom. The van der Waals surface area contributed by atoms with E-state index < -0.39 is 0 Å². The first-order valence-corrected chi connectivity index (χ1v) is 7.94. The zero-order chi connectivity index (χ0) is 13.8. The van der Waals surface area contributed by atoms with Crippen LogP contribution in [0, 0.1) is 13.8 Å². The zero-order valence-corrected chi connectivity index (χ0v) is 13.3. The molecule has 0 atom stereocenters. The molecule has 0 spiro atoms. The molecule has 0 fully saturated rings. The van der Waals surface area contributed by atoms with Gasteiger partial charge in [0.2, 0.25) is 0 Å². The van der Waals surface area contributed by atoms with Crippen LogP contribution in [0.3, 0.4) is 0 Å². The summed E-state index contributed by atoms with van der Waals surface area (Å²) >= 11 is 4.83. The number of alkyl halides is 1. The molecule has 0 saturated heterocycles. The van der Waals surface area contributed by atoms with Crippen LogP contribution in [0.15, 0.2) is 24.3 Å². The summed E-state index contributed by atoms with van der Waals surface area (Å²) < 4.78 is 0. The maximum atomic E-state index is 12.1. The zero-order valence-electron chi connectivity index (χ0n) is 10.9. The van der Waals surface area contributed by atoms with Gasteiger partial charge in [0, 0.05) is 11.0 Å². The van der Waals surface area contributed by atoms with Gasteiger partial charge in [0.05, 0.1) is 10.7 Å². The molecule has 1 aromatic heterocycles. The molecular formula is C14H15BrN2OS. The number of nitrogens with zero attached hydrogens (tertiary/aromatic N) is 1. The van der Waals surface area contributed by atoms with Gasteiger partial charge in [-0.1, -0.05) is 28.1 Å². The van der Waals surface area contributed by atoms with E-state index in [4.69, 9.17) is 0 Å². The number of aryl methyl sites for hydroxylation is 3. The lowest BCUT2D eigenvalue weighted by Gasteiger charge is -2.05. The van der Waals surface area contributed by atoms with Crippen LogP contribution in [-0.4, -0.2) is 16.2 Å². The van der Waals surface area contributed by atoms with Gasteiger partial charge in [0.1, 0.15) is 4.88 Å². The second-order valence-electron chi connectivity index (χ2n) is 4.24. The van der Waals surface area contributed by atoms with Crippen molar-refractivity contribution >= 4 is 38.9 Å². The Balaban J connectivity index is 2.08. The molecule has 5 heteroatoms. The molecule has 100 valence electrons. The third-order valence-electron chi connectivity index (χ3n) is 2.70. The predicted molar refractivity (Wildman–Crippen MR) is 83.5 cm³/mol. The largest absolute Gasteiger partial charge is 0.321 e. The number of hydrogen-bond donors (Lipinski definition) is 1. The highest BCUT2D eigenvalue weighted by Gasteiger charge is 2.13. The highest BCUT2D eigenvalue weighted by molar-refractivity contribution is 9.09. The molecular weight excluding hydrogens is 324 g/mol. The van der Waals surface area contributed by atoms with E-state index in [1.807, 2.05) is 38.1 Å². The first-order chi connectivity index (χ1) is 9.10. The summed E-state index contributed by atoms with van der Waals surface area (Å²) in [6.45, 7) is 3.76. The van der Waals surface area contributed by atoms with E-state index >= 15 is 0 Å². The minimum atomic E-state index is -0.0867. The average Bonchev–Trinajstić information content (AvgIpc) is 2.71. The number of aromatic nitrogens is 1. The van der Waals surface area contributed by atoms with Gasteiger partial charge in [-0.15, -0.1) is 11.3 Å². The van der Waals surface area contributed by atoms with Crippen molar-refractivity contribution in [3.63, 3.8) is 0 Å². The molecule has 1 heterocycles. The smallest absolute Gasteiger partial charge is 0.267 e. The summed E-state index contributed by atoms with van der Waals surface area (Å²) in [6, 6.07) is 7.92. The Hall–Kier alpha value is -1.20. The first kappa shape index (κ1) is 14.2. The molecule has 3 nitrogen and oxygen atoms in total. The summed E-state index contributed by atoms with van der Waals surface area (Å²) in [7, 11) is 0. The minimum Gasteiger partial charge on any atom is -0.321 e. The fourth-order valence-corrected chi connectivity index (χ4v) is 3.07. The fraction of sp³-hybridized carbons (Fsp3) is 0.286. The number of rotatable bonds is 4. The van der Waals surface area contributed by atoms with Crippen molar-refractivity contribution in [2.75, 3.05) is 10.6 Å². The number of nitrogens with one attached hydrogen (secondary N) is 1. The Labute approximate surface area is 125 Å². The second kappa shape index (κ2) is 6.30. The van der Waals surface area contributed by atoms with Gasteiger partial charge in [-0.05, 0) is 38.0 Å². The number of halogens is 1. The first-order valence-electron chi connectivity index (χ1n) is 6.00. The topological polar surface area (TPSA) is 42.0 Å². The Bertz CT molecular complexity index is 578. The molecule has 2 aromatic rings. The van der Waals surface area contributed by atoms with Crippen LogP contribution in [0.25, 0.3) is 0 Å². The van der Waals surface area contributed by atoms with Crippen molar-refractivity contribution in [1.82, 2.24) is 4.98 Å². The molecule has 0 unspecified atom stereocenters. The van der Waals surface area contributed by atoms with Gasteiger partial charge < -0.3 is 5.32 Å². The summed E-state index contributed by atoms with van der Waals surface area (Å²) in [4.78, 5) is 17.1. The van der Waals surface area contributed by atoms with Crippen LogP contribution >= 0.6 is 27.3 Å². The molecule has 0 radical (unpaired) electrons. The van der Waals surface area contributed by atoms with Gasteiger partial charge in [-0.3, -0.25) is 4.79 Å². The average molecular weight is 339 g/mol. The van der Waals surface area contributed by atoms with Crippen molar-refractivity contribution in [1.29, 1.82) is 0 Å². The van der Waals surface area contributed by atoms with Crippen LogP contribution < -0.4 is 5.32 Å². The fourth-order valence-electron chi connectivity index (χ4n) is 1.79. The molecule has 0 bridgehead atoms. The normalized spacial score (nSPS) is 10.5. The molecule has 19 heavy (non-hydrogen) atoms. The number of benzene rings is 1. The van der Waals surface area contributed by atoms with Gasteiger partial charge >= 0.3 is 0 Å². The van der Waals surface area contributed by atoms with Crippen LogP contribution in [0.4, 0.5) is 5.69 Å². The molecule has 1 N–H and O–H groups in total. The molecule has 1 aromatic carbocycles. The SMILES string of the molecule is Cc1nc(C)c(C(=O)Nc2ccc(CCBr)cc2)s1. The van der Waals surface area contributed by atoms with Crippen molar-refractivity contribution in [3.05, 3.63) is 45.4 Å². The highest BCUT2D eigenvalue weighted by Crippen LogP contribution is 2.19. The highest BCUT2D eigenvalue weighted by atomic mass is 79.9. The molecule has 0 aliphatic rings. The number of thiazole rings is 1. The van der Waals surface area contributed by atoms with Crippen molar-refractivity contribution in [2.45, 2.75) is 20.3 Å². The molecule has 0 aliphatic carbocycles. The van der Waals surface area contributed by atoms with Crippen LogP contribution in [0.1, 0.15) is 25.9 Å². The summed E-state index contributed by atoms with van der Waals surface area (Å²) in [6.07, 6.45) is 0.987. The van der Waals surface area contributed by atoms with Crippen molar-refractivity contribution in [3.8, 4) is 0 Å². The van der Waals surface area contributed by atoms with Gasteiger partial charge in [0.15, 0.2) is 0 Å². The Morgan fingerprint density at radius 3 is 2.53 bits per heavy atom. The third-order valence-corrected chi connectivity index (χ3v) is 4.17. The third kappa shape index (κ3) is 3.64. The predicted octanol–water partition coefficient (Wildman–Crippen LogP) is 3.95. The summed E-state index contributed by atoms with van der Waals surface area (Å²) in [5.74, 6) is -0.0867. The van der Waals surface area contributed by atoms with Gasteiger partial charge in [-0.2, -0.15) is 0 Å². The van der Waals surface area contributed by atoms with Crippen LogP contribution in [0.2, 0.25) is 0 Å². The lowest BCUT2D eigenvalue weighted by molar-refractivity contribution is 0.103. The monoisotopic (exact) mass is 338 g/mol. The van der Waals surface area contributed by atoms with Crippen LogP contribution in [-0.2, 0) is 6.42 Å². The molecule has 2 rings (SSSR count). The quantitative estimate of drug-likeness (QED) is 0.857. The maximum absolute atomic E-state index is 12.1. The number of amides is 1. The lowest BCUT2D eigenvalue weighted by Crippen LogP contribution is -2.11. The van der Waals surface area contributed by atoms with Gasteiger partial charge in [0.25, 0.3) is 5.91 Å². The standard InChI is InChI=1S/C14H15BrN2OS/c1-9-13(19-10(2)16-9)14(18)17-12-5-3-11(4-6-12)7-8-15/h3-6H,7-8H2,1-2H3,(H,17,18). The van der Waals surface area contributed by atoms with Crippen LogP contribution in [0.5, 0.6) is 0 Å². The minimum absolute atomic E-state index is 0.0867. The Kier molecular flexibility index (Phi) is 4.71. The molecule has 0 aliphatic heterocycles. The second-order valence-corrected chi connectivity index (χ2v) is 6.23. The summed E-state index contributed by atoms with van der Waals surface area (Å²) in [5, 5.41) is 4.76. The molecule has 1 amide bonds. The Morgan fingerprint density at radius 2 is 2.00 bits per heavy atom. The van der Waals surface area contributed by atoms with Crippen molar-refractivity contribution in [2.24, 2.45) is 0 Å². The van der Waals surface area contributed by atoms with E-state index in [0.717, 1.165) is 28.1 Å². The van der Waals surface area contributed by atoms with E-state index in [1.54, 1.807) is 0 Å². The number of anilines is 1. The van der Waals surface area contributed by atoms with E-state index in [-0.39, 0.29) is 5.91 Å². The lowest BCUT2D eigenvalue weighted by atomic mass is 10.1. The summed E-state index contributed by atoms with van der Waals surface area (Å²) in [5.41, 5.74) is 2.85. The van der Waals surface area contributed by atoms with E-state index in [1.165, 1.54) is 16.9 Å². The number of carbonyl (C=O) groups excluding carboxylic acids is 1. The number of carbonyl (C=O) groups is 1.